The number of carbonyl (C=O) groups is 1. The molecule has 156 valence electrons. The molecule has 0 atom stereocenters. The number of ether oxygens (including phenoxy) is 2. The van der Waals surface area contributed by atoms with Gasteiger partial charge in [-0.2, -0.15) is 0 Å². The Kier molecular flexibility index (Phi) is 5.92. The van der Waals surface area contributed by atoms with Gasteiger partial charge in [-0.1, -0.05) is 6.07 Å². The highest BCUT2D eigenvalue weighted by atomic mass is 32.2. The van der Waals surface area contributed by atoms with Gasteiger partial charge in [-0.15, -0.1) is 23.5 Å². The number of methoxy groups -OCH3 is 1. The summed E-state index contributed by atoms with van der Waals surface area (Å²) in [5.74, 6) is 2.42. The number of nitrogens with zero attached hydrogens (tertiary/aromatic N) is 1. The standard InChI is InChI=1S/C21H20N2O5S2/c1-3-23-18(24)14-6-4-12(10-15(14)22-21(23)26)19(25)28-16-7-5-13(11-17(16)27-2)20-29-8-9-30-20/h4-7,10-11,20H,3,8-9H2,1-2H3,(H,22,26). The largest absolute Gasteiger partial charge is 0.493 e. The summed E-state index contributed by atoms with van der Waals surface area (Å²) in [4.78, 5) is 39.8. The number of nitrogens with one attached hydrogen (secondary N) is 1. The van der Waals surface area contributed by atoms with E-state index in [1.54, 1.807) is 13.0 Å². The predicted molar refractivity (Wildman–Crippen MR) is 120 cm³/mol. The van der Waals surface area contributed by atoms with Gasteiger partial charge in [0, 0.05) is 18.1 Å². The number of carbonyl (C=O) groups excluding carboxylic acids is 1. The summed E-state index contributed by atoms with van der Waals surface area (Å²) >= 11 is 3.76. The van der Waals surface area contributed by atoms with Crippen LogP contribution in [0.25, 0.3) is 10.9 Å². The SMILES string of the molecule is CCn1c(=O)[nH]c2cc(C(=O)Oc3ccc(C4SCCS4)cc3OC)ccc2c1=O. The average Bonchev–Trinajstić information content (AvgIpc) is 3.28. The van der Waals surface area contributed by atoms with E-state index in [9.17, 15) is 14.4 Å². The Morgan fingerprint density at radius 1 is 1.13 bits per heavy atom. The van der Waals surface area contributed by atoms with Crippen molar-refractivity contribution in [3.8, 4) is 11.5 Å². The monoisotopic (exact) mass is 444 g/mol. The van der Waals surface area contributed by atoms with Gasteiger partial charge in [-0.3, -0.25) is 9.36 Å². The van der Waals surface area contributed by atoms with E-state index in [-0.39, 0.29) is 12.1 Å². The molecule has 0 spiro atoms. The lowest BCUT2D eigenvalue weighted by atomic mass is 10.1. The number of thioether (sulfide) groups is 2. The molecule has 1 aliphatic rings. The molecule has 4 rings (SSSR count). The number of rotatable bonds is 5. The number of benzene rings is 2. The molecule has 1 aliphatic heterocycles. The van der Waals surface area contributed by atoms with E-state index >= 15 is 0 Å². The highest BCUT2D eigenvalue weighted by molar-refractivity contribution is 8.19. The zero-order chi connectivity index (χ0) is 21.3. The van der Waals surface area contributed by atoms with Gasteiger partial charge in [0.2, 0.25) is 0 Å². The molecule has 0 aliphatic carbocycles. The number of H-pyrrole nitrogens is 1. The van der Waals surface area contributed by atoms with Crippen molar-refractivity contribution in [3.63, 3.8) is 0 Å². The van der Waals surface area contributed by atoms with Crippen molar-refractivity contribution in [3.05, 3.63) is 68.4 Å². The van der Waals surface area contributed by atoms with Gasteiger partial charge in [0.05, 0.1) is 28.2 Å². The van der Waals surface area contributed by atoms with Crippen molar-refractivity contribution in [1.29, 1.82) is 0 Å². The van der Waals surface area contributed by atoms with Crippen LogP contribution in [0, 0.1) is 0 Å². The molecule has 0 amide bonds. The van der Waals surface area contributed by atoms with Crippen LogP contribution in [0.5, 0.6) is 11.5 Å². The zero-order valence-electron chi connectivity index (χ0n) is 16.5. The van der Waals surface area contributed by atoms with Crippen LogP contribution < -0.4 is 20.7 Å². The fourth-order valence-electron chi connectivity index (χ4n) is 3.29. The Bertz CT molecular complexity index is 1230. The van der Waals surface area contributed by atoms with E-state index in [1.807, 2.05) is 35.7 Å². The molecule has 1 N–H and O–H groups in total. The molecule has 2 aromatic carbocycles. The molecule has 7 nitrogen and oxygen atoms in total. The Morgan fingerprint density at radius 3 is 2.60 bits per heavy atom. The van der Waals surface area contributed by atoms with Crippen LogP contribution in [0.15, 0.2) is 46.0 Å². The molecular weight excluding hydrogens is 424 g/mol. The van der Waals surface area contributed by atoms with Gasteiger partial charge in [0.1, 0.15) is 0 Å². The highest BCUT2D eigenvalue weighted by Crippen LogP contribution is 2.47. The molecular formula is C21H20N2O5S2. The summed E-state index contributed by atoms with van der Waals surface area (Å²) in [7, 11) is 1.53. The van der Waals surface area contributed by atoms with Crippen molar-refractivity contribution in [2.24, 2.45) is 0 Å². The van der Waals surface area contributed by atoms with Crippen molar-refractivity contribution in [1.82, 2.24) is 9.55 Å². The fourth-order valence-corrected chi connectivity index (χ4v) is 6.13. The number of fused-ring (bicyclic) bond motifs is 1. The molecule has 3 aromatic rings. The molecule has 0 saturated carbocycles. The molecule has 0 unspecified atom stereocenters. The Labute approximate surface area is 180 Å². The summed E-state index contributed by atoms with van der Waals surface area (Å²) < 4.78 is 12.4. The first-order valence-electron chi connectivity index (χ1n) is 9.42. The Hall–Kier alpha value is -2.65. The molecule has 2 heterocycles. The minimum atomic E-state index is -0.604. The lowest BCUT2D eigenvalue weighted by Gasteiger charge is -2.14. The van der Waals surface area contributed by atoms with Crippen LogP contribution in [0.3, 0.4) is 0 Å². The maximum Gasteiger partial charge on any atom is 0.343 e. The summed E-state index contributed by atoms with van der Waals surface area (Å²) in [6, 6.07) is 10.0. The maximum absolute atomic E-state index is 12.7. The van der Waals surface area contributed by atoms with E-state index in [0.717, 1.165) is 21.6 Å². The third-order valence-corrected chi connectivity index (χ3v) is 7.92. The number of hydrogen-bond donors (Lipinski definition) is 1. The summed E-state index contributed by atoms with van der Waals surface area (Å²) in [6.45, 7) is 1.98. The normalized spacial score (nSPS) is 14.2. The van der Waals surface area contributed by atoms with Gasteiger partial charge in [-0.05, 0) is 42.8 Å². The molecule has 1 aromatic heterocycles. The van der Waals surface area contributed by atoms with Gasteiger partial charge in [-0.25, -0.2) is 9.59 Å². The second kappa shape index (κ2) is 8.61. The third-order valence-electron chi connectivity index (χ3n) is 4.82. The number of aromatic nitrogens is 2. The van der Waals surface area contributed by atoms with Crippen LogP contribution in [0.2, 0.25) is 0 Å². The molecule has 30 heavy (non-hydrogen) atoms. The topological polar surface area (TPSA) is 90.4 Å². The molecule has 0 bridgehead atoms. The number of hydrogen-bond acceptors (Lipinski definition) is 7. The quantitative estimate of drug-likeness (QED) is 0.476. The van der Waals surface area contributed by atoms with Crippen LogP contribution in [0.4, 0.5) is 0 Å². The maximum atomic E-state index is 12.7. The summed E-state index contributed by atoms with van der Waals surface area (Å²) in [5, 5.41) is 0.335. The molecule has 0 radical (unpaired) electrons. The van der Waals surface area contributed by atoms with E-state index < -0.39 is 17.2 Å². The zero-order valence-corrected chi connectivity index (χ0v) is 18.1. The Balaban J connectivity index is 1.63. The second-order valence-electron chi connectivity index (χ2n) is 6.61. The Morgan fingerprint density at radius 2 is 1.90 bits per heavy atom. The smallest absolute Gasteiger partial charge is 0.343 e. The highest BCUT2D eigenvalue weighted by Gasteiger charge is 2.21. The van der Waals surface area contributed by atoms with Crippen molar-refractivity contribution in [2.45, 2.75) is 18.1 Å². The molecule has 1 saturated heterocycles. The van der Waals surface area contributed by atoms with Gasteiger partial charge < -0.3 is 14.5 Å². The van der Waals surface area contributed by atoms with Crippen molar-refractivity contribution < 1.29 is 14.3 Å². The molecule has 1 fully saturated rings. The summed E-state index contributed by atoms with van der Waals surface area (Å²) in [6.07, 6.45) is 0. The van der Waals surface area contributed by atoms with Crippen LogP contribution >= 0.6 is 23.5 Å². The molecule has 9 heteroatoms. The minimum Gasteiger partial charge on any atom is -0.493 e. The van der Waals surface area contributed by atoms with E-state index in [1.165, 1.54) is 25.3 Å². The minimum absolute atomic E-state index is 0.222. The van der Waals surface area contributed by atoms with Crippen LogP contribution in [-0.4, -0.2) is 34.1 Å². The fraction of sp³-hybridized carbons (Fsp3) is 0.286. The summed E-state index contributed by atoms with van der Waals surface area (Å²) in [5.41, 5.74) is 0.729. The van der Waals surface area contributed by atoms with Gasteiger partial charge >= 0.3 is 11.7 Å². The van der Waals surface area contributed by atoms with E-state index in [4.69, 9.17) is 9.47 Å². The van der Waals surface area contributed by atoms with Crippen LogP contribution in [0.1, 0.15) is 27.4 Å². The van der Waals surface area contributed by atoms with Gasteiger partial charge in [0.15, 0.2) is 11.5 Å². The van der Waals surface area contributed by atoms with E-state index in [0.29, 0.717) is 27.0 Å². The first kappa shape index (κ1) is 20.6. The van der Waals surface area contributed by atoms with Crippen LogP contribution in [-0.2, 0) is 6.54 Å². The van der Waals surface area contributed by atoms with Gasteiger partial charge in [0.25, 0.3) is 5.56 Å². The lowest BCUT2D eigenvalue weighted by molar-refractivity contribution is 0.0730. The first-order valence-corrected chi connectivity index (χ1v) is 11.5. The number of esters is 1. The first-order chi connectivity index (χ1) is 14.5. The van der Waals surface area contributed by atoms with E-state index in [2.05, 4.69) is 4.98 Å². The lowest BCUT2D eigenvalue weighted by Crippen LogP contribution is -2.34. The predicted octanol–water partition coefficient (Wildman–Crippen LogP) is 3.42. The number of aromatic amines is 1. The average molecular weight is 445 g/mol. The van der Waals surface area contributed by atoms with Crippen molar-refractivity contribution >= 4 is 40.4 Å². The third kappa shape index (κ3) is 3.87. The second-order valence-corrected chi connectivity index (χ2v) is 9.34. The van der Waals surface area contributed by atoms with Crippen molar-refractivity contribution in [2.75, 3.05) is 18.6 Å².